The monoisotopic (exact) mass is 217 g/mol. The van der Waals surface area contributed by atoms with Gasteiger partial charge in [0.15, 0.2) is 0 Å². The van der Waals surface area contributed by atoms with Crippen molar-refractivity contribution >= 4 is 0 Å². The first-order valence-corrected chi connectivity index (χ1v) is 3.90. The molecule has 6 heteroatoms. The smallest absolute Gasteiger partial charge is 0.373 e. The van der Waals surface area contributed by atoms with Gasteiger partial charge < -0.3 is 4.57 Å². The van der Waals surface area contributed by atoms with Gasteiger partial charge in [-0.05, 0) is 0 Å². The van der Waals surface area contributed by atoms with Crippen LogP contribution < -0.4 is 29.6 Å². The zero-order valence-corrected chi connectivity index (χ0v) is 10.3. The molecule has 0 radical (unpaired) electrons. The number of pyridine rings is 1. The van der Waals surface area contributed by atoms with E-state index in [2.05, 4.69) is 16.0 Å². The fourth-order valence-corrected chi connectivity index (χ4v) is 1.14. The Balaban J connectivity index is 0.00000112. The summed E-state index contributed by atoms with van der Waals surface area (Å²) >= 11 is 0. The minimum atomic E-state index is -0.903. The Hall–Kier alpha value is -0.780. The van der Waals surface area contributed by atoms with Gasteiger partial charge in [-0.2, -0.15) is 0 Å². The molecule has 0 aromatic carbocycles. The van der Waals surface area contributed by atoms with Gasteiger partial charge in [-0.25, -0.2) is 8.78 Å². The Morgan fingerprint density at radius 1 is 1.40 bits per heavy atom. The summed E-state index contributed by atoms with van der Waals surface area (Å²) in [5.74, 6) is -1.42. The van der Waals surface area contributed by atoms with Crippen molar-refractivity contribution in [1.82, 2.24) is 14.5 Å². The molecule has 0 saturated carbocycles. The molecule has 0 saturated heterocycles. The van der Waals surface area contributed by atoms with Crippen molar-refractivity contribution in [3.63, 3.8) is 0 Å². The molecule has 2 heterocycles. The quantitative estimate of drug-likeness (QED) is 0.333. The molecule has 0 fully saturated rings. The van der Waals surface area contributed by atoms with Crippen LogP contribution in [0.3, 0.4) is 0 Å². The molecule has 2 rings (SSSR count). The molecule has 72 valence electrons. The van der Waals surface area contributed by atoms with Crippen molar-refractivity contribution in [2.75, 3.05) is 0 Å². The normalized spacial score (nSPS) is 9.80. The van der Waals surface area contributed by atoms with Crippen molar-refractivity contribution in [2.45, 2.75) is 0 Å². The molecule has 0 aliphatic rings. The Kier molecular flexibility index (Phi) is 3.96. The largest absolute Gasteiger partial charge is 1.00 e. The molecule has 0 aliphatic heterocycles. The van der Waals surface area contributed by atoms with E-state index in [1.165, 1.54) is 6.20 Å². The van der Waals surface area contributed by atoms with Crippen LogP contribution in [0.2, 0.25) is 0 Å². The van der Waals surface area contributed by atoms with Gasteiger partial charge in [0.1, 0.15) is 11.9 Å². The fourth-order valence-electron chi connectivity index (χ4n) is 1.14. The van der Waals surface area contributed by atoms with Gasteiger partial charge in [0.05, 0.1) is 5.82 Å². The van der Waals surface area contributed by atoms with Crippen LogP contribution in [-0.4, -0.2) is 14.5 Å². The molecule has 3 nitrogen and oxygen atoms in total. The zero-order chi connectivity index (χ0) is 10.1. The summed E-state index contributed by atoms with van der Waals surface area (Å²) in [7, 11) is 1.71. The van der Waals surface area contributed by atoms with E-state index in [1.54, 1.807) is 17.8 Å². The van der Waals surface area contributed by atoms with Gasteiger partial charge in [0, 0.05) is 19.4 Å². The predicted molar refractivity (Wildman–Crippen MR) is 45.2 cm³/mol. The molecule has 0 aliphatic carbocycles. The SMILES string of the molecule is Cn1ccnc1-c1[c-]cc(F)nc1F.[Na+]. The fraction of sp³-hybridized carbons (Fsp3) is 0.111. The molecule has 0 amide bonds. The van der Waals surface area contributed by atoms with Crippen LogP contribution in [0, 0.1) is 18.0 Å². The molecule has 2 aromatic rings. The number of nitrogens with zero attached hydrogens (tertiary/aromatic N) is 3. The van der Waals surface area contributed by atoms with Crippen molar-refractivity contribution in [1.29, 1.82) is 0 Å². The number of aryl methyl sites for hydroxylation is 1. The van der Waals surface area contributed by atoms with Crippen LogP contribution in [0.4, 0.5) is 8.78 Å². The summed E-state index contributed by atoms with van der Waals surface area (Å²) in [6, 6.07) is 3.43. The van der Waals surface area contributed by atoms with Gasteiger partial charge in [-0.1, -0.05) is 11.6 Å². The molecule has 0 spiro atoms. The van der Waals surface area contributed by atoms with Crippen molar-refractivity contribution in [2.24, 2.45) is 7.05 Å². The average molecular weight is 217 g/mol. The van der Waals surface area contributed by atoms with Crippen molar-refractivity contribution in [3.8, 4) is 11.4 Å². The molecule has 15 heavy (non-hydrogen) atoms. The topological polar surface area (TPSA) is 30.7 Å². The third kappa shape index (κ3) is 2.42. The molecule has 0 unspecified atom stereocenters. The van der Waals surface area contributed by atoms with Crippen molar-refractivity contribution in [3.05, 3.63) is 36.4 Å². The van der Waals surface area contributed by atoms with E-state index < -0.39 is 11.9 Å². The average Bonchev–Trinajstić information content (AvgIpc) is 2.52. The van der Waals surface area contributed by atoms with E-state index in [-0.39, 0.29) is 35.1 Å². The second kappa shape index (κ2) is 4.83. The third-order valence-corrected chi connectivity index (χ3v) is 1.79. The maximum absolute atomic E-state index is 13.2. The standard InChI is InChI=1S/C9H6F2N3.Na/c1-14-5-4-12-9(14)6-2-3-7(10)13-8(6)11;/h3-5H,1H3;/q-1;+1. The minimum Gasteiger partial charge on any atom is -0.373 e. The number of hydrogen-bond donors (Lipinski definition) is 0. The number of aromatic nitrogens is 3. The molecule has 0 bridgehead atoms. The third-order valence-electron chi connectivity index (χ3n) is 1.79. The Morgan fingerprint density at radius 3 is 2.67 bits per heavy atom. The number of rotatable bonds is 1. The summed E-state index contributed by atoms with van der Waals surface area (Å²) in [4.78, 5) is 6.96. The van der Waals surface area contributed by atoms with E-state index >= 15 is 0 Å². The van der Waals surface area contributed by atoms with E-state index in [9.17, 15) is 8.78 Å². The van der Waals surface area contributed by atoms with Crippen LogP contribution in [0.5, 0.6) is 0 Å². The van der Waals surface area contributed by atoms with Crippen LogP contribution in [0.15, 0.2) is 18.5 Å². The minimum absolute atomic E-state index is 0. The van der Waals surface area contributed by atoms with Crippen molar-refractivity contribution < 1.29 is 38.3 Å². The molecule has 0 atom stereocenters. The van der Waals surface area contributed by atoms with Gasteiger partial charge in [-0.3, -0.25) is 9.97 Å². The van der Waals surface area contributed by atoms with E-state index in [0.717, 1.165) is 6.07 Å². The summed E-state index contributed by atoms with van der Waals surface area (Å²) in [5.41, 5.74) is 0.0684. The zero-order valence-electron chi connectivity index (χ0n) is 8.33. The van der Waals surface area contributed by atoms with E-state index in [1.807, 2.05) is 0 Å². The Labute approximate surface area is 107 Å². The first kappa shape index (κ1) is 12.3. The van der Waals surface area contributed by atoms with Gasteiger partial charge in [0.25, 0.3) is 0 Å². The summed E-state index contributed by atoms with van der Waals surface area (Å²) < 4.78 is 27.2. The Morgan fingerprint density at radius 2 is 2.13 bits per heavy atom. The molecular weight excluding hydrogens is 211 g/mol. The predicted octanol–water partition coefficient (Wildman–Crippen LogP) is -1.44. The molecular formula is C9H6F2N3Na. The molecule has 2 aromatic heterocycles. The summed E-state index contributed by atoms with van der Waals surface area (Å²) in [6.07, 6.45) is 3.18. The summed E-state index contributed by atoms with van der Waals surface area (Å²) in [5, 5.41) is 0. The van der Waals surface area contributed by atoms with Crippen LogP contribution in [-0.2, 0) is 7.05 Å². The first-order valence-electron chi connectivity index (χ1n) is 3.90. The summed E-state index contributed by atoms with van der Waals surface area (Å²) in [6.45, 7) is 0. The Bertz CT molecular complexity index is 470. The van der Waals surface area contributed by atoms with Crippen LogP contribution in [0.25, 0.3) is 11.4 Å². The van der Waals surface area contributed by atoms with E-state index in [4.69, 9.17) is 0 Å². The van der Waals surface area contributed by atoms with Gasteiger partial charge in [-0.15, -0.1) is 6.07 Å². The van der Waals surface area contributed by atoms with E-state index in [0.29, 0.717) is 5.82 Å². The molecule has 0 N–H and O–H groups in total. The van der Waals surface area contributed by atoms with Crippen LogP contribution in [0.1, 0.15) is 0 Å². The number of imidazole rings is 1. The maximum Gasteiger partial charge on any atom is 1.00 e. The second-order valence-corrected chi connectivity index (χ2v) is 2.75. The van der Waals surface area contributed by atoms with Crippen LogP contribution >= 0.6 is 0 Å². The van der Waals surface area contributed by atoms with Gasteiger partial charge in [0.2, 0.25) is 0 Å². The number of halogens is 2. The van der Waals surface area contributed by atoms with Gasteiger partial charge >= 0.3 is 29.6 Å². The first-order chi connectivity index (χ1) is 6.68. The second-order valence-electron chi connectivity index (χ2n) is 2.75. The number of hydrogen-bond acceptors (Lipinski definition) is 2. The maximum atomic E-state index is 13.2.